The number of rotatable bonds is 7. The third kappa shape index (κ3) is 14.3. The van der Waals surface area contributed by atoms with Crippen LogP contribution < -0.4 is 10.6 Å². The fourth-order valence-electron chi connectivity index (χ4n) is 1.68. The summed E-state index contributed by atoms with van der Waals surface area (Å²) in [6.07, 6.45) is 1.49. The van der Waals surface area contributed by atoms with E-state index in [4.69, 9.17) is 9.47 Å². The van der Waals surface area contributed by atoms with Crippen LogP contribution in [0.3, 0.4) is 0 Å². The normalized spacial score (nSPS) is 12.9. The van der Waals surface area contributed by atoms with E-state index in [9.17, 15) is 19.2 Å². The minimum atomic E-state index is -0.835. The third-order valence-electron chi connectivity index (χ3n) is 2.62. The molecule has 0 aliphatic rings. The first kappa shape index (κ1) is 24.4. The van der Waals surface area contributed by atoms with E-state index in [0.717, 1.165) is 6.08 Å². The van der Waals surface area contributed by atoms with Crippen molar-refractivity contribution in [2.75, 3.05) is 13.7 Å². The second-order valence-electron chi connectivity index (χ2n) is 7.70. The highest BCUT2D eigenvalue weighted by Gasteiger charge is 2.23. The largest absolute Gasteiger partial charge is 0.468 e. The lowest BCUT2D eigenvalue weighted by Gasteiger charge is -2.23. The van der Waals surface area contributed by atoms with Gasteiger partial charge < -0.3 is 24.8 Å². The Balaban J connectivity index is 4.97. The molecule has 27 heavy (non-hydrogen) atoms. The number of amides is 2. The topological polar surface area (TPSA) is 120 Å². The van der Waals surface area contributed by atoms with Gasteiger partial charge in [-0.1, -0.05) is 6.08 Å². The zero-order valence-corrected chi connectivity index (χ0v) is 17.0. The average Bonchev–Trinajstić information content (AvgIpc) is 2.46. The van der Waals surface area contributed by atoms with Crippen molar-refractivity contribution in [3.05, 3.63) is 12.2 Å². The van der Waals surface area contributed by atoms with Crippen molar-refractivity contribution in [3.8, 4) is 0 Å². The van der Waals surface area contributed by atoms with Gasteiger partial charge in [0.15, 0.2) is 0 Å². The number of ether oxygens (including phenoxy) is 3. The van der Waals surface area contributed by atoms with Crippen LogP contribution in [0.5, 0.6) is 0 Å². The van der Waals surface area contributed by atoms with Gasteiger partial charge in [0.2, 0.25) is 5.91 Å². The summed E-state index contributed by atoms with van der Waals surface area (Å²) in [7, 11) is 1.20. The van der Waals surface area contributed by atoms with Crippen LogP contribution in [0.15, 0.2) is 12.2 Å². The Morgan fingerprint density at radius 3 is 1.96 bits per heavy atom. The predicted molar refractivity (Wildman–Crippen MR) is 97.8 cm³/mol. The smallest absolute Gasteiger partial charge is 0.408 e. The quantitative estimate of drug-likeness (QED) is 0.386. The van der Waals surface area contributed by atoms with E-state index in [1.807, 2.05) is 0 Å². The van der Waals surface area contributed by atoms with E-state index >= 15 is 0 Å². The Morgan fingerprint density at radius 1 is 0.926 bits per heavy atom. The molecule has 0 aromatic rings. The molecule has 1 atom stereocenters. The van der Waals surface area contributed by atoms with Crippen LogP contribution >= 0.6 is 0 Å². The van der Waals surface area contributed by atoms with Crippen molar-refractivity contribution >= 4 is 23.9 Å². The first-order valence-corrected chi connectivity index (χ1v) is 8.46. The zero-order chi connectivity index (χ0) is 21.3. The summed E-state index contributed by atoms with van der Waals surface area (Å²) in [5.74, 6) is -1.74. The highest BCUT2D eigenvalue weighted by molar-refractivity contribution is 5.90. The minimum absolute atomic E-state index is 0.197. The van der Waals surface area contributed by atoms with Crippen molar-refractivity contribution < 1.29 is 33.4 Å². The van der Waals surface area contributed by atoms with Gasteiger partial charge in [0, 0.05) is 6.08 Å². The van der Waals surface area contributed by atoms with Gasteiger partial charge in [-0.05, 0) is 41.5 Å². The van der Waals surface area contributed by atoms with Gasteiger partial charge in [-0.2, -0.15) is 0 Å². The van der Waals surface area contributed by atoms with Crippen molar-refractivity contribution in [1.82, 2.24) is 10.6 Å². The molecule has 0 aliphatic heterocycles. The number of esters is 2. The summed E-state index contributed by atoms with van der Waals surface area (Å²) in [5.41, 5.74) is -1.41. The number of hydrogen-bond acceptors (Lipinski definition) is 7. The van der Waals surface area contributed by atoms with Gasteiger partial charge >= 0.3 is 18.0 Å². The lowest BCUT2D eigenvalue weighted by atomic mass is 10.1. The summed E-state index contributed by atoms with van der Waals surface area (Å²) < 4.78 is 14.8. The summed E-state index contributed by atoms with van der Waals surface area (Å²) in [4.78, 5) is 46.7. The van der Waals surface area contributed by atoms with Gasteiger partial charge in [-0.15, -0.1) is 0 Å². The molecule has 0 heterocycles. The van der Waals surface area contributed by atoms with Crippen LogP contribution in [0.2, 0.25) is 0 Å². The van der Waals surface area contributed by atoms with Crippen molar-refractivity contribution in [2.24, 2.45) is 0 Å². The number of methoxy groups -OCH3 is 1. The fourth-order valence-corrected chi connectivity index (χ4v) is 1.68. The van der Waals surface area contributed by atoms with Crippen LogP contribution in [0.25, 0.3) is 0 Å². The Morgan fingerprint density at radius 2 is 1.48 bits per heavy atom. The summed E-state index contributed by atoms with van der Waals surface area (Å²) in [6.45, 7) is 9.96. The second-order valence-corrected chi connectivity index (χ2v) is 7.70. The first-order chi connectivity index (χ1) is 12.2. The Labute approximate surface area is 159 Å². The molecule has 0 unspecified atom stereocenters. The summed E-state index contributed by atoms with van der Waals surface area (Å²) >= 11 is 0. The number of hydrogen-bond donors (Lipinski definition) is 2. The molecule has 0 aromatic carbocycles. The maximum absolute atomic E-state index is 12.0. The van der Waals surface area contributed by atoms with E-state index in [-0.39, 0.29) is 13.0 Å². The Hall–Kier alpha value is -2.58. The first-order valence-electron chi connectivity index (χ1n) is 8.46. The van der Waals surface area contributed by atoms with E-state index in [1.165, 1.54) is 13.2 Å². The zero-order valence-electron chi connectivity index (χ0n) is 17.0. The maximum Gasteiger partial charge on any atom is 0.408 e. The SMILES string of the molecule is COC(=O)CNC(=O)C=C[C@H](CC(=O)OC(C)(C)C)NC(=O)OC(C)(C)C. The molecular weight excluding hydrogens is 356 g/mol. The van der Waals surface area contributed by atoms with Crippen LogP contribution in [0, 0.1) is 0 Å². The molecule has 0 aliphatic carbocycles. The third-order valence-corrected chi connectivity index (χ3v) is 2.62. The highest BCUT2D eigenvalue weighted by atomic mass is 16.6. The van der Waals surface area contributed by atoms with E-state index in [1.54, 1.807) is 41.5 Å². The van der Waals surface area contributed by atoms with E-state index in [0.29, 0.717) is 0 Å². The standard InChI is InChI=1S/C18H30N2O7/c1-17(2,3)26-14(22)10-12(20-16(24)27-18(4,5)6)8-9-13(21)19-11-15(23)25-7/h8-9,12H,10-11H2,1-7H3,(H,19,21)(H,20,24)/t12-/m1/s1. The lowest BCUT2D eigenvalue weighted by Crippen LogP contribution is -2.40. The van der Waals surface area contributed by atoms with Crippen LogP contribution in [0.4, 0.5) is 4.79 Å². The Bertz CT molecular complexity index is 541. The molecule has 2 N–H and O–H groups in total. The van der Waals surface area contributed by atoms with Gasteiger partial charge in [0.05, 0.1) is 19.6 Å². The number of carbonyl (C=O) groups excluding carboxylic acids is 4. The molecule has 0 saturated heterocycles. The summed E-state index contributed by atoms with van der Waals surface area (Å²) in [6, 6.07) is -0.835. The summed E-state index contributed by atoms with van der Waals surface area (Å²) in [5, 5.41) is 4.81. The molecule has 0 spiro atoms. The molecule has 0 saturated carbocycles. The molecule has 9 nitrogen and oxygen atoms in total. The molecule has 0 rings (SSSR count). The van der Waals surface area contributed by atoms with Crippen molar-refractivity contribution in [1.29, 1.82) is 0 Å². The molecule has 0 aromatic heterocycles. The number of nitrogens with one attached hydrogen (secondary N) is 2. The van der Waals surface area contributed by atoms with Gasteiger partial charge in [-0.3, -0.25) is 14.4 Å². The van der Waals surface area contributed by atoms with Gasteiger partial charge in [0.25, 0.3) is 0 Å². The maximum atomic E-state index is 12.0. The lowest BCUT2D eigenvalue weighted by molar-refractivity contribution is -0.155. The highest BCUT2D eigenvalue weighted by Crippen LogP contribution is 2.11. The van der Waals surface area contributed by atoms with Crippen LogP contribution in [-0.2, 0) is 28.6 Å². The molecule has 2 amide bonds. The molecule has 0 radical (unpaired) electrons. The molecule has 0 fully saturated rings. The number of alkyl carbamates (subject to hydrolysis) is 1. The molecule has 154 valence electrons. The fraction of sp³-hybridized carbons (Fsp3) is 0.667. The number of carbonyl (C=O) groups is 4. The predicted octanol–water partition coefficient (Wildman–Crippen LogP) is 1.46. The average molecular weight is 386 g/mol. The van der Waals surface area contributed by atoms with Crippen molar-refractivity contribution in [3.63, 3.8) is 0 Å². The molecular formula is C18H30N2O7. The van der Waals surface area contributed by atoms with Crippen LogP contribution in [0.1, 0.15) is 48.0 Å². The van der Waals surface area contributed by atoms with Crippen molar-refractivity contribution in [2.45, 2.75) is 65.2 Å². The van der Waals surface area contributed by atoms with E-state index in [2.05, 4.69) is 15.4 Å². The molecule has 9 heteroatoms. The minimum Gasteiger partial charge on any atom is -0.468 e. The molecule has 0 bridgehead atoms. The van der Waals surface area contributed by atoms with Gasteiger partial charge in [0.1, 0.15) is 17.7 Å². The Kier molecular flexibility index (Phi) is 9.53. The second kappa shape index (κ2) is 10.5. The van der Waals surface area contributed by atoms with E-state index < -0.39 is 41.2 Å². The monoisotopic (exact) mass is 386 g/mol. The van der Waals surface area contributed by atoms with Gasteiger partial charge in [-0.25, -0.2) is 4.79 Å². The van der Waals surface area contributed by atoms with Crippen LogP contribution in [-0.4, -0.2) is 54.8 Å².